The van der Waals surface area contributed by atoms with Crippen LogP contribution >= 0.6 is 12.6 Å². The lowest BCUT2D eigenvalue weighted by molar-refractivity contribution is -0.132. The Morgan fingerprint density at radius 1 is 1.00 bits per heavy atom. The summed E-state index contributed by atoms with van der Waals surface area (Å²) in [7, 11) is 0. The first-order chi connectivity index (χ1) is 11.1. The van der Waals surface area contributed by atoms with Crippen LogP contribution in [0.15, 0.2) is 10.5 Å². The number of thiol groups is 1. The molecule has 0 aliphatic carbocycles. The monoisotopic (exact) mass is 374 g/mol. The maximum atomic E-state index is 12.3. The van der Waals surface area contributed by atoms with Gasteiger partial charge in [0.2, 0.25) is 0 Å². The molecule has 2 N–H and O–H groups in total. The van der Waals surface area contributed by atoms with Gasteiger partial charge in [-0.15, -0.1) is 12.6 Å². The van der Waals surface area contributed by atoms with Crippen LogP contribution < -0.4 is 0 Å². The van der Waals surface area contributed by atoms with E-state index in [-0.39, 0.29) is 11.2 Å². The van der Waals surface area contributed by atoms with Crippen molar-refractivity contribution in [2.24, 2.45) is 0 Å². The minimum absolute atomic E-state index is 0.000520. The molecule has 0 aromatic heterocycles. The van der Waals surface area contributed by atoms with Crippen LogP contribution in [-0.4, -0.2) is 51.5 Å². The van der Waals surface area contributed by atoms with E-state index in [1.54, 1.807) is 0 Å². The third-order valence-electron chi connectivity index (χ3n) is 2.21. The van der Waals surface area contributed by atoms with E-state index < -0.39 is 45.7 Å². The van der Waals surface area contributed by atoms with Gasteiger partial charge in [-0.3, -0.25) is 10.2 Å². The average molecular weight is 374 g/mol. The third-order valence-corrected chi connectivity index (χ3v) is 2.64. The van der Waals surface area contributed by atoms with Crippen LogP contribution in [0.1, 0.15) is 41.5 Å². The highest BCUT2D eigenvalue weighted by Gasteiger charge is 2.36. The van der Waals surface area contributed by atoms with Gasteiger partial charge < -0.3 is 14.6 Å². The van der Waals surface area contributed by atoms with Crippen LogP contribution in [0.5, 0.6) is 0 Å². The van der Waals surface area contributed by atoms with Crippen molar-refractivity contribution in [2.45, 2.75) is 52.7 Å². The lowest BCUT2D eigenvalue weighted by Crippen LogP contribution is -2.47. The molecule has 25 heavy (non-hydrogen) atoms. The Morgan fingerprint density at radius 3 is 1.60 bits per heavy atom. The molecule has 0 aromatic carbocycles. The molecule has 0 atom stereocenters. The Kier molecular flexibility index (Phi) is 7.38. The van der Waals surface area contributed by atoms with E-state index in [1.807, 2.05) is 0 Å². The molecule has 0 aliphatic heterocycles. The Hall–Kier alpha value is -2.36. The van der Waals surface area contributed by atoms with E-state index in [0.717, 1.165) is 0 Å². The number of hydrogen-bond acceptors (Lipinski definition) is 8. The Morgan fingerprint density at radius 2 is 1.36 bits per heavy atom. The predicted octanol–water partition coefficient (Wildman–Crippen LogP) is 2.60. The molecule has 0 radical (unpaired) electrons. The fourth-order valence-electron chi connectivity index (χ4n) is 1.33. The van der Waals surface area contributed by atoms with E-state index >= 15 is 0 Å². The van der Waals surface area contributed by atoms with Gasteiger partial charge >= 0.3 is 18.2 Å². The summed E-state index contributed by atoms with van der Waals surface area (Å²) in [4.78, 5) is 46.1. The molecule has 0 unspecified atom stereocenters. The number of carbonyl (C=O) groups excluding carboxylic acids is 3. The van der Waals surface area contributed by atoms with Crippen molar-refractivity contribution in [1.82, 2.24) is 4.90 Å². The number of carboxylic acids is 1. The molecule has 0 rings (SSSR count). The number of aliphatic carboxylic acids is 1. The van der Waals surface area contributed by atoms with Crippen molar-refractivity contribution in [3.05, 3.63) is 10.5 Å². The molecule has 0 saturated carbocycles. The van der Waals surface area contributed by atoms with Crippen LogP contribution in [0.3, 0.4) is 0 Å². The summed E-state index contributed by atoms with van der Waals surface area (Å²) in [6.45, 7) is 9.16. The fourth-order valence-corrected chi connectivity index (χ4v) is 1.49. The first-order valence-electron chi connectivity index (χ1n) is 7.07. The van der Waals surface area contributed by atoms with E-state index in [9.17, 15) is 19.2 Å². The number of hydrogen-bond donors (Lipinski definition) is 3. The number of ether oxygens (including phenoxy) is 2. The Bertz CT molecular complexity index is 599. The molecule has 0 heterocycles. The standard InChI is InChI=1S/C15H22N2O7S/c1-14(2,3)23-12(21)17(13(22)24-15(4,5)6)10(16)8(7-18)9(25)11(19)20/h7,16,25H,1-6H3,(H,19,20)/b9-8-,16-10?. The number of imide groups is 1. The van der Waals surface area contributed by atoms with Gasteiger partial charge in [0.05, 0.1) is 5.57 Å². The zero-order chi connectivity index (χ0) is 20.2. The van der Waals surface area contributed by atoms with Gasteiger partial charge in [0.25, 0.3) is 0 Å². The van der Waals surface area contributed by atoms with Crippen molar-refractivity contribution < 1.29 is 33.8 Å². The first-order valence-corrected chi connectivity index (χ1v) is 7.52. The number of amidine groups is 1. The van der Waals surface area contributed by atoms with Gasteiger partial charge in [-0.25, -0.2) is 14.4 Å². The van der Waals surface area contributed by atoms with Crippen LogP contribution in [0.4, 0.5) is 9.59 Å². The summed E-state index contributed by atoms with van der Waals surface area (Å²) in [5, 5.41) is 16.8. The molecular weight excluding hydrogens is 352 g/mol. The number of amides is 2. The van der Waals surface area contributed by atoms with Crippen molar-refractivity contribution in [3.8, 4) is 0 Å². The number of aldehydes is 1. The zero-order valence-corrected chi connectivity index (χ0v) is 15.8. The number of carboxylic acid groups (broad SMARTS) is 1. The average Bonchev–Trinajstić information content (AvgIpc) is 2.34. The van der Waals surface area contributed by atoms with Gasteiger partial charge in [0, 0.05) is 0 Å². The molecular formula is C15H22N2O7S. The number of rotatable bonds is 3. The summed E-state index contributed by atoms with van der Waals surface area (Å²) < 4.78 is 10.1. The van der Waals surface area contributed by atoms with Crippen LogP contribution in [-0.2, 0) is 19.1 Å². The van der Waals surface area contributed by atoms with E-state index in [2.05, 4.69) is 12.6 Å². The number of nitrogens with zero attached hydrogens (tertiary/aromatic N) is 1. The third kappa shape index (κ3) is 7.38. The summed E-state index contributed by atoms with van der Waals surface area (Å²) in [6.07, 6.45) is -2.59. The number of nitrogens with one attached hydrogen (secondary N) is 1. The second-order valence-electron chi connectivity index (χ2n) is 6.83. The molecule has 0 fully saturated rings. The summed E-state index contributed by atoms with van der Waals surface area (Å²) in [5.41, 5.74) is -2.81. The Labute approximate surface area is 150 Å². The number of carbonyl (C=O) groups is 4. The van der Waals surface area contributed by atoms with Crippen LogP contribution in [0.25, 0.3) is 0 Å². The molecule has 2 amide bonds. The smallest absolute Gasteiger partial charge is 0.425 e. The van der Waals surface area contributed by atoms with E-state index in [4.69, 9.17) is 20.0 Å². The predicted molar refractivity (Wildman–Crippen MR) is 91.7 cm³/mol. The molecule has 9 nitrogen and oxygen atoms in total. The van der Waals surface area contributed by atoms with Crippen LogP contribution in [0, 0.1) is 5.41 Å². The summed E-state index contributed by atoms with van der Waals surface area (Å²) in [6, 6.07) is 0. The van der Waals surface area contributed by atoms with E-state index in [0.29, 0.717) is 0 Å². The van der Waals surface area contributed by atoms with Gasteiger partial charge in [-0.1, -0.05) is 0 Å². The van der Waals surface area contributed by atoms with Gasteiger partial charge in [-0.05, 0) is 41.5 Å². The second kappa shape index (κ2) is 8.15. The largest absolute Gasteiger partial charge is 0.477 e. The SMILES string of the molecule is CC(C)(C)OC(=O)N(C(=N)/C(C=O)=C(\S)C(=O)O)C(=O)OC(C)(C)C. The first kappa shape index (κ1) is 22.6. The van der Waals surface area contributed by atoms with Crippen LogP contribution in [0.2, 0.25) is 0 Å². The lowest BCUT2D eigenvalue weighted by atomic mass is 10.2. The minimum atomic E-state index is -1.61. The molecule has 0 aromatic rings. The summed E-state index contributed by atoms with van der Waals surface area (Å²) in [5.74, 6) is -2.63. The zero-order valence-electron chi connectivity index (χ0n) is 14.9. The minimum Gasteiger partial charge on any atom is -0.477 e. The highest BCUT2D eigenvalue weighted by molar-refractivity contribution is 7.85. The lowest BCUT2D eigenvalue weighted by Gasteiger charge is -2.28. The highest BCUT2D eigenvalue weighted by Crippen LogP contribution is 2.18. The molecule has 0 spiro atoms. The quantitative estimate of drug-likeness (QED) is 0.227. The van der Waals surface area contributed by atoms with Gasteiger partial charge in [0.1, 0.15) is 16.1 Å². The molecule has 140 valence electrons. The van der Waals surface area contributed by atoms with Crippen molar-refractivity contribution in [1.29, 1.82) is 5.41 Å². The van der Waals surface area contributed by atoms with Crippen molar-refractivity contribution in [2.75, 3.05) is 0 Å². The maximum absolute atomic E-state index is 12.3. The highest BCUT2D eigenvalue weighted by atomic mass is 32.1. The summed E-state index contributed by atoms with van der Waals surface area (Å²) >= 11 is 3.62. The topological polar surface area (TPSA) is 134 Å². The van der Waals surface area contributed by atoms with Crippen molar-refractivity contribution >= 4 is 42.9 Å². The van der Waals surface area contributed by atoms with Crippen molar-refractivity contribution in [3.63, 3.8) is 0 Å². The van der Waals surface area contributed by atoms with E-state index in [1.165, 1.54) is 41.5 Å². The Balaban J connectivity index is 6.04. The fraction of sp³-hybridized carbons (Fsp3) is 0.533. The second-order valence-corrected chi connectivity index (χ2v) is 7.28. The normalized spacial score (nSPS) is 12.6. The maximum Gasteiger partial charge on any atom is 0.425 e. The van der Waals surface area contributed by atoms with Gasteiger partial charge in [-0.2, -0.15) is 4.90 Å². The molecule has 10 heteroatoms. The molecule has 0 saturated heterocycles. The van der Waals surface area contributed by atoms with Gasteiger partial charge in [0.15, 0.2) is 12.1 Å². The molecule has 0 bridgehead atoms. The molecule has 0 aliphatic rings.